The summed E-state index contributed by atoms with van der Waals surface area (Å²) in [4.78, 5) is 10.7. The molecule has 1 aromatic heterocycles. The van der Waals surface area contributed by atoms with Crippen molar-refractivity contribution < 1.29 is 14.3 Å². The molecule has 1 heterocycles. The second-order valence-electron chi connectivity index (χ2n) is 5.30. The van der Waals surface area contributed by atoms with Crippen molar-refractivity contribution in [2.45, 2.75) is 32.6 Å². The molecule has 90 valence electrons. The van der Waals surface area contributed by atoms with Crippen molar-refractivity contribution in [1.29, 1.82) is 0 Å². The molecule has 0 aliphatic carbocycles. The average molecular weight is 232 g/mol. The van der Waals surface area contributed by atoms with Crippen molar-refractivity contribution in [3.05, 3.63) is 35.6 Å². The second kappa shape index (κ2) is 3.91. The molecule has 0 saturated carbocycles. The number of fused-ring (bicyclic) bond motifs is 1. The number of hydrogen-bond acceptors (Lipinski definition) is 2. The molecule has 0 atom stereocenters. The monoisotopic (exact) mass is 232 g/mol. The van der Waals surface area contributed by atoms with Crippen LogP contribution in [-0.2, 0) is 16.6 Å². The molecule has 0 amide bonds. The lowest BCUT2D eigenvalue weighted by Gasteiger charge is -2.16. The zero-order valence-electron chi connectivity index (χ0n) is 10.3. The van der Waals surface area contributed by atoms with Crippen LogP contribution in [0.5, 0.6) is 0 Å². The smallest absolute Gasteiger partial charge is 0.307 e. The maximum absolute atomic E-state index is 10.7. The summed E-state index contributed by atoms with van der Waals surface area (Å²) in [6.45, 7) is 6.34. The summed E-state index contributed by atoms with van der Waals surface area (Å²) in [5.74, 6) is -0.815. The van der Waals surface area contributed by atoms with Gasteiger partial charge in [0.15, 0.2) is 0 Å². The normalized spacial score (nSPS) is 11.9. The predicted molar refractivity (Wildman–Crippen MR) is 66.3 cm³/mol. The number of benzene rings is 1. The number of carboxylic acids is 1. The standard InChI is InChI=1S/C14H16O3/c1-14(2,3)11-8-17-12-5-4-9(6-10(11)12)7-13(15)16/h4-6,8H,7H2,1-3H3,(H,15,16). The van der Waals surface area contributed by atoms with E-state index in [1.807, 2.05) is 12.1 Å². The fraction of sp³-hybridized carbons (Fsp3) is 0.357. The third-order valence-electron chi connectivity index (χ3n) is 2.80. The Balaban J connectivity index is 2.54. The Morgan fingerprint density at radius 2 is 2.06 bits per heavy atom. The molecule has 1 N–H and O–H groups in total. The van der Waals surface area contributed by atoms with E-state index in [0.29, 0.717) is 0 Å². The van der Waals surface area contributed by atoms with E-state index in [1.54, 1.807) is 12.3 Å². The van der Waals surface area contributed by atoms with Gasteiger partial charge in [0.25, 0.3) is 0 Å². The van der Waals surface area contributed by atoms with Gasteiger partial charge in [-0.2, -0.15) is 0 Å². The van der Waals surface area contributed by atoms with Crippen LogP contribution in [0.3, 0.4) is 0 Å². The van der Waals surface area contributed by atoms with Gasteiger partial charge >= 0.3 is 5.97 Å². The van der Waals surface area contributed by atoms with Crippen molar-refractivity contribution in [2.24, 2.45) is 0 Å². The Hall–Kier alpha value is -1.77. The van der Waals surface area contributed by atoms with Gasteiger partial charge in [0.05, 0.1) is 12.7 Å². The quantitative estimate of drug-likeness (QED) is 0.863. The Bertz CT molecular complexity index is 558. The highest BCUT2D eigenvalue weighted by Crippen LogP contribution is 2.32. The van der Waals surface area contributed by atoms with Crippen LogP contribution < -0.4 is 0 Å². The van der Waals surface area contributed by atoms with Crippen LogP contribution in [0.25, 0.3) is 11.0 Å². The van der Waals surface area contributed by atoms with Gasteiger partial charge in [-0.15, -0.1) is 0 Å². The molecule has 2 rings (SSSR count). The van der Waals surface area contributed by atoms with Crippen LogP contribution in [0, 0.1) is 0 Å². The van der Waals surface area contributed by atoms with E-state index in [9.17, 15) is 4.79 Å². The van der Waals surface area contributed by atoms with E-state index >= 15 is 0 Å². The molecular formula is C14H16O3. The number of carbonyl (C=O) groups is 1. The second-order valence-corrected chi connectivity index (χ2v) is 5.30. The maximum Gasteiger partial charge on any atom is 0.307 e. The summed E-state index contributed by atoms with van der Waals surface area (Å²) < 4.78 is 5.49. The molecule has 17 heavy (non-hydrogen) atoms. The first-order chi connectivity index (χ1) is 7.88. The molecule has 0 aliphatic heterocycles. The van der Waals surface area contributed by atoms with Crippen molar-refractivity contribution in [3.8, 4) is 0 Å². The SMILES string of the molecule is CC(C)(C)c1coc2ccc(CC(=O)O)cc12. The summed E-state index contributed by atoms with van der Waals surface area (Å²) in [7, 11) is 0. The van der Waals surface area contributed by atoms with Gasteiger partial charge in [0.1, 0.15) is 5.58 Å². The van der Waals surface area contributed by atoms with E-state index in [0.717, 1.165) is 22.1 Å². The highest BCUT2D eigenvalue weighted by atomic mass is 16.4. The van der Waals surface area contributed by atoms with Gasteiger partial charge in [0, 0.05) is 10.9 Å². The van der Waals surface area contributed by atoms with Crippen molar-refractivity contribution in [1.82, 2.24) is 0 Å². The summed E-state index contributed by atoms with van der Waals surface area (Å²) in [6.07, 6.45) is 1.81. The first kappa shape index (κ1) is 11.7. The predicted octanol–water partition coefficient (Wildman–Crippen LogP) is 3.36. The lowest BCUT2D eigenvalue weighted by atomic mass is 9.86. The molecule has 3 heteroatoms. The zero-order valence-corrected chi connectivity index (χ0v) is 10.3. The van der Waals surface area contributed by atoms with Crippen LogP contribution in [0.2, 0.25) is 0 Å². The number of aliphatic carboxylic acids is 1. The minimum atomic E-state index is -0.815. The van der Waals surface area contributed by atoms with Gasteiger partial charge in [-0.25, -0.2) is 0 Å². The summed E-state index contributed by atoms with van der Waals surface area (Å²) >= 11 is 0. The average Bonchev–Trinajstić information content (AvgIpc) is 2.58. The number of hydrogen-bond donors (Lipinski definition) is 1. The van der Waals surface area contributed by atoms with Gasteiger partial charge < -0.3 is 9.52 Å². The molecule has 0 bridgehead atoms. The van der Waals surface area contributed by atoms with Crippen LogP contribution in [0.4, 0.5) is 0 Å². The van der Waals surface area contributed by atoms with E-state index in [1.165, 1.54) is 0 Å². The molecule has 0 aliphatic rings. The van der Waals surface area contributed by atoms with E-state index in [4.69, 9.17) is 9.52 Å². The molecule has 0 saturated heterocycles. The number of rotatable bonds is 2. The molecule has 0 fully saturated rings. The Kier molecular flexibility index (Phi) is 2.69. The van der Waals surface area contributed by atoms with Crippen LogP contribution in [-0.4, -0.2) is 11.1 Å². The first-order valence-electron chi connectivity index (χ1n) is 5.60. The lowest BCUT2D eigenvalue weighted by molar-refractivity contribution is -0.136. The van der Waals surface area contributed by atoms with Crippen LogP contribution in [0.1, 0.15) is 31.9 Å². The topological polar surface area (TPSA) is 50.4 Å². The third-order valence-corrected chi connectivity index (χ3v) is 2.80. The summed E-state index contributed by atoms with van der Waals surface area (Å²) in [5, 5.41) is 9.81. The van der Waals surface area contributed by atoms with Gasteiger partial charge in [-0.3, -0.25) is 4.79 Å². The van der Waals surface area contributed by atoms with E-state index < -0.39 is 5.97 Å². The van der Waals surface area contributed by atoms with Crippen molar-refractivity contribution in [3.63, 3.8) is 0 Å². The maximum atomic E-state index is 10.7. The van der Waals surface area contributed by atoms with Crippen LogP contribution >= 0.6 is 0 Å². The van der Waals surface area contributed by atoms with Gasteiger partial charge in [-0.05, 0) is 23.1 Å². The third kappa shape index (κ3) is 2.33. The first-order valence-corrected chi connectivity index (χ1v) is 5.60. The van der Waals surface area contributed by atoms with Crippen molar-refractivity contribution in [2.75, 3.05) is 0 Å². The van der Waals surface area contributed by atoms with E-state index in [2.05, 4.69) is 20.8 Å². The van der Waals surface area contributed by atoms with Crippen LogP contribution in [0.15, 0.2) is 28.9 Å². The molecule has 0 spiro atoms. The fourth-order valence-electron chi connectivity index (χ4n) is 1.94. The summed E-state index contributed by atoms with van der Waals surface area (Å²) in [5.41, 5.74) is 2.72. The fourth-order valence-corrected chi connectivity index (χ4v) is 1.94. The molecule has 0 radical (unpaired) electrons. The molecule has 2 aromatic rings. The lowest BCUT2D eigenvalue weighted by Crippen LogP contribution is -2.10. The Morgan fingerprint density at radius 3 is 2.65 bits per heavy atom. The number of carboxylic acid groups (broad SMARTS) is 1. The largest absolute Gasteiger partial charge is 0.481 e. The molecular weight excluding hydrogens is 216 g/mol. The van der Waals surface area contributed by atoms with Gasteiger partial charge in [-0.1, -0.05) is 26.8 Å². The molecule has 0 unspecified atom stereocenters. The highest BCUT2D eigenvalue weighted by molar-refractivity contribution is 5.84. The number of furan rings is 1. The highest BCUT2D eigenvalue weighted by Gasteiger charge is 2.19. The zero-order chi connectivity index (χ0) is 12.6. The minimum absolute atomic E-state index is 0.00685. The Labute approximate surface area is 100 Å². The van der Waals surface area contributed by atoms with Crippen molar-refractivity contribution >= 4 is 16.9 Å². The minimum Gasteiger partial charge on any atom is -0.481 e. The summed E-state index contributed by atoms with van der Waals surface area (Å²) in [6, 6.07) is 5.54. The van der Waals surface area contributed by atoms with E-state index in [-0.39, 0.29) is 11.8 Å². The molecule has 1 aromatic carbocycles. The Morgan fingerprint density at radius 1 is 1.35 bits per heavy atom. The van der Waals surface area contributed by atoms with Gasteiger partial charge in [0.2, 0.25) is 0 Å². The molecule has 3 nitrogen and oxygen atoms in total.